The van der Waals surface area contributed by atoms with Crippen molar-refractivity contribution in [1.29, 1.82) is 0 Å². The van der Waals surface area contributed by atoms with Gasteiger partial charge in [-0.15, -0.1) is 0 Å². The number of hydrogen-bond donors (Lipinski definition) is 0. The van der Waals surface area contributed by atoms with Gasteiger partial charge in [-0.05, 0) is 40.8 Å². The first-order valence-corrected chi connectivity index (χ1v) is 11.5. The molecule has 3 aromatic rings. The normalized spacial score (nSPS) is 19.8. The zero-order chi connectivity index (χ0) is 22.6. The molecule has 0 saturated heterocycles. The number of anilines is 1. The number of Topliss-reactive ketones (excluding diaryl/α,β-unsaturated/α-hetero) is 1. The van der Waals surface area contributed by atoms with Gasteiger partial charge in [-0.2, -0.15) is 0 Å². The largest absolute Gasteiger partial charge is 0.493 e. The van der Waals surface area contributed by atoms with Crippen LogP contribution in [0.3, 0.4) is 0 Å². The summed E-state index contributed by atoms with van der Waals surface area (Å²) in [5.74, 6) is 1.46. The summed E-state index contributed by atoms with van der Waals surface area (Å²) in [5.41, 5.74) is 5.00. The monoisotopic (exact) mass is 439 g/mol. The van der Waals surface area contributed by atoms with Crippen molar-refractivity contribution in [3.8, 4) is 11.5 Å². The van der Waals surface area contributed by atoms with Gasteiger partial charge in [0.2, 0.25) is 5.91 Å². The molecule has 5 heteroatoms. The van der Waals surface area contributed by atoms with E-state index in [-0.39, 0.29) is 24.8 Å². The molecule has 0 fully saturated rings. The summed E-state index contributed by atoms with van der Waals surface area (Å²) >= 11 is 0. The molecule has 0 aliphatic carbocycles. The Morgan fingerprint density at radius 1 is 0.970 bits per heavy atom. The lowest BCUT2D eigenvalue weighted by molar-refractivity contribution is -0.124. The number of ketones is 1. The number of hydrogen-bond acceptors (Lipinski definition) is 4. The number of amides is 1. The highest BCUT2D eigenvalue weighted by Crippen LogP contribution is 2.53. The molecule has 0 aromatic heterocycles. The summed E-state index contributed by atoms with van der Waals surface area (Å²) in [6, 6.07) is 19.9. The highest BCUT2D eigenvalue weighted by molar-refractivity contribution is 6.13. The fourth-order valence-electron chi connectivity index (χ4n) is 5.36. The van der Waals surface area contributed by atoms with Crippen LogP contribution in [0.25, 0.3) is 0 Å². The predicted molar refractivity (Wildman–Crippen MR) is 125 cm³/mol. The Kier molecular flexibility index (Phi) is 4.54. The molecule has 6 rings (SSSR count). The van der Waals surface area contributed by atoms with Gasteiger partial charge >= 0.3 is 0 Å². The van der Waals surface area contributed by atoms with Crippen LogP contribution >= 0.6 is 0 Å². The first kappa shape index (κ1) is 20.0. The maximum absolute atomic E-state index is 14.0. The van der Waals surface area contributed by atoms with E-state index in [0.29, 0.717) is 18.8 Å². The standard InChI is InChI=1S/C28H25NO4/c1-2-18-7-9-19(10-8-18)13-21(30)16-29-24-6-4-3-5-22(24)28(27(29)31)17-33-26-15-25-20(11-12-32-25)14-23(26)28/h3-10,14-15H,2,11-13,16-17H2,1H3. The second-order valence-corrected chi connectivity index (χ2v) is 9.04. The van der Waals surface area contributed by atoms with Crippen LogP contribution in [0.2, 0.25) is 0 Å². The van der Waals surface area contributed by atoms with E-state index in [1.54, 1.807) is 4.90 Å². The fourth-order valence-corrected chi connectivity index (χ4v) is 5.36. The topological polar surface area (TPSA) is 55.8 Å². The average Bonchev–Trinajstić information content (AvgIpc) is 3.51. The SMILES string of the molecule is CCc1ccc(CC(=O)CN2C(=O)C3(COc4cc5c(cc43)CCO5)c3ccccc32)cc1. The molecule has 1 atom stereocenters. The van der Waals surface area contributed by atoms with E-state index >= 15 is 0 Å². The second-order valence-electron chi connectivity index (χ2n) is 9.04. The van der Waals surface area contributed by atoms with Gasteiger partial charge in [0.05, 0.1) is 13.2 Å². The lowest BCUT2D eigenvalue weighted by Gasteiger charge is -2.23. The second kappa shape index (κ2) is 7.48. The van der Waals surface area contributed by atoms with E-state index in [1.807, 2.05) is 42.5 Å². The molecule has 0 N–H and O–H groups in total. The van der Waals surface area contributed by atoms with E-state index in [2.05, 4.69) is 25.1 Å². The predicted octanol–water partition coefficient (Wildman–Crippen LogP) is 4.02. The zero-order valence-electron chi connectivity index (χ0n) is 18.6. The van der Waals surface area contributed by atoms with E-state index in [9.17, 15) is 9.59 Å². The van der Waals surface area contributed by atoms with E-state index in [1.165, 1.54) is 5.56 Å². The van der Waals surface area contributed by atoms with Crippen LogP contribution in [-0.4, -0.2) is 31.4 Å². The van der Waals surface area contributed by atoms with Crippen LogP contribution in [0.1, 0.15) is 34.7 Å². The molecule has 3 heterocycles. The van der Waals surface area contributed by atoms with Gasteiger partial charge < -0.3 is 14.4 Å². The fraction of sp³-hybridized carbons (Fsp3) is 0.286. The number of para-hydroxylation sites is 1. The summed E-state index contributed by atoms with van der Waals surface area (Å²) in [6.45, 7) is 3.05. The molecule has 166 valence electrons. The van der Waals surface area contributed by atoms with Crippen LogP contribution < -0.4 is 14.4 Å². The molecule has 0 radical (unpaired) electrons. The summed E-state index contributed by atoms with van der Waals surface area (Å²) in [7, 11) is 0. The van der Waals surface area contributed by atoms with Crippen LogP contribution in [0.5, 0.6) is 11.5 Å². The average molecular weight is 440 g/mol. The van der Waals surface area contributed by atoms with Crippen molar-refractivity contribution < 1.29 is 19.1 Å². The Morgan fingerprint density at radius 2 is 1.76 bits per heavy atom. The number of rotatable bonds is 5. The minimum absolute atomic E-state index is 0.0148. The third-order valence-electron chi connectivity index (χ3n) is 7.13. The molecule has 1 unspecified atom stereocenters. The van der Waals surface area contributed by atoms with Gasteiger partial charge in [0.25, 0.3) is 0 Å². The van der Waals surface area contributed by atoms with Crippen molar-refractivity contribution >= 4 is 17.4 Å². The smallest absolute Gasteiger partial charge is 0.246 e. The lowest BCUT2D eigenvalue weighted by Crippen LogP contribution is -2.44. The number of carbonyl (C=O) groups is 2. The van der Waals surface area contributed by atoms with Gasteiger partial charge in [-0.3, -0.25) is 9.59 Å². The Morgan fingerprint density at radius 3 is 2.58 bits per heavy atom. The van der Waals surface area contributed by atoms with Crippen molar-refractivity contribution in [1.82, 2.24) is 0 Å². The minimum Gasteiger partial charge on any atom is -0.493 e. The summed E-state index contributed by atoms with van der Waals surface area (Å²) in [5, 5.41) is 0. The Bertz CT molecular complexity index is 1280. The van der Waals surface area contributed by atoms with Crippen molar-refractivity contribution in [2.45, 2.75) is 31.6 Å². The van der Waals surface area contributed by atoms with Crippen LogP contribution in [0.4, 0.5) is 5.69 Å². The zero-order valence-corrected chi connectivity index (χ0v) is 18.6. The number of benzene rings is 3. The van der Waals surface area contributed by atoms with E-state index in [0.717, 1.165) is 46.5 Å². The molecule has 1 spiro atoms. The van der Waals surface area contributed by atoms with Crippen molar-refractivity contribution in [2.24, 2.45) is 0 Å². The molecule has 5 nitrogen and oxygen atoms in total. The van der Waals surface area contributed by atoms with Gasteiger partial charge in [-0.1, -0.05) is 49.4 Å². The van der Waals surface area contributed by atoms with Gasteiger partial charge in [-0.25, -0.2) is 0 Å². The molecular formula is C28H25NO4. The first-order chi connectivity index (χ1) is 16.1. The van der Waals surface area contributed by atoms with E-state index < -0.39 is 5.41 Å². The Labute approximate surface area is 192 Å². The molecule has 0 bridgehead atoms. The van der Waals surface area contributed by atoms with Crippen LogP contribution in [0, 0.1) is 0 Å². The minimum atomic E-state index is -0.910. The summed E-state index contributed by atoms with van der Waals surface area (Å²) < 4.78 is 11.7. The molecule has 1 amide bonds. The van der Waals surface area contributed by atoms with Crippen molar-refractivity contribution in [2.75, 3.05) is 24.7 Å². The molecule has 3 aliphatic heterocycles. The Balaban J connectivity index is 1.34. The first-order valence-electron chi connectivity index (χ1n) is 11.5. The Hall–Kier alpha value is -3.60. The van der Waals surface area contributed by atoms with E-state index in [4.69, 9.17) is 9.47 Å². The number of ether oxygens (including phenoxy) is 2. The maximum Gasteiger partial charge on any atom is 0.246 e. The number of aryl methyl sites for hydroxylation is 1. The molecule has 0 saturated carbocycles. The highest BCUT2D eigenvalue weighted by atomic mass is 16.5. The maximum atomic E-state index is 14.0. The number of carbonyl (C=O) groups excluding carboxylic acids is 2. The summed E-state index contributed by atoms with van der Waals surface area (Å²) in [4.78, 5) is 28.7. The number of nitrogens with zero attached hydrogens (tertiary/aromatic N) is 1. The van der Waals surface area contributed by atoms with Gasteiger partial charge in [0.15, 0.2) is 5.78 Å². The highest BCUT2D eigenvalue weighted by Gasteiger charge is 2.57. The van der Waals surface area contributed by atoms with Crippen LogP contribution in [0.15, 0.2) is 60.7 Å². The molecule has 3 aliphatic rings. The van der Waals surface area contributed by atoms with Crippen molar-refractivity contribution in [3.05, 3.63) is 88.5 Å². The molecule has 3 aromatic carbocycles. The summed E-state index contributed by atoms with van der Waals surface area (Å²) in [6.07, 6.45) is 2.10. The van der Waals surface area contributed by atoms with Crippen molar-refractivity contribution in [3.63, 3.8) is 0 Å². The lowest BCUT2D eigenvalue weighted by atomic mass is 9.76. The van der Waals surface area contributed by atoms with Crippen LogP contribution in [-0.2, 0) is 34.3 Å². The quantitative estimate of drug-likeness (QED) is 0.603. The third-order valence-corrected chi connectivity index (χ3v) is 7.13. The van der Waals surface area contributed by atoms with Gasteiger partial charge in [0, 0.05) is 30.2 Å². The molecule has 33 heavy (non-hydrogen) atoms. The van der Waals surface area contributed by atoms with Gasteiger partial charge in [0.1, 0.15) is 23.5 Å². The molecular weight excluding hydrogens is 414 g/mol. The number of fused-ring (bicyclic) bond motifs is 5. The third kappa shape index (κ3) is 2.99.